The average molecular weight is 405 g/mol. The second-order valence-corrected chi connectivity index (χ2v) is 8.24. The Morgan fingerprint density at radius 2 is 1.79 bits per heavy atom. The third-order valence-electron chi connectivity index (χ3n) is 4.64. The number of ether oxygens (including phenoxy) is 1. The van der Waals surface area contributed by atoms with Crippen LogP contribution >= 0.6 is 0 Å². The van der Waals surface area contributed by atoms with Gasteiger partial charge < -0.3 is 25.4 Å². The SMILES string of the molecule is CC(C)(C)OC(=O)NCCC(=O)NCC1CCN(C(=O)c2ccccc2O)CC1. The molecule has 160 valence electrons. The first kappa shape index (κ1) is 22.5. The summed E-state index contributed by atoms with van der Waals surface area (Å²) in [6.45, 7) is 7.28. The van der Waals surface area contributed by atoms with E-state index in [1.807, 2.05) is 0 Å². The highest BCUT2D eigenvalue weighted by Gasteiger charge is 2.25. The molecule has 0 saturated carbocycles. The number of piperidine rings is 1. The maximum absolute atomic E-state index is 12.5. The Morgan fingerprint density at radius 1 is 1.14 bits per heavy atom. The van der Waals surface area contributed by atoms with Crippen LogP contribution in [0.1, 0.15) is 50.4 Å². The molecule has 8 heteroatoms. The molecule has 0 aromatic heterocycles. The van der Waals surface area contributed by atoms with Gasteiger partial charge in [-0.3, -0.25) is 9.59 Å². The van der Waals surface area contributed by atoms with Crippen LogP contribution in [0.15, 0.2) is 24.3 Å². The smallest absolute Gasteiger partial charge is 0.407 e. The zero-order valence-corrected chi connectivity index (χ0v) is 17.4. The van der Waals surface area contributed by atoms with Gasteiger partial charge >= 0.3 is 6.09 Å². The fourth-order valence-corrected chi connectivity index (χ4v) is 3.10. The van der Waals surface area contributed by atoms with Crippen LogP contribution in [0.5, 0.6) is 5.75 Å². The van der Waals surface area contributed by atoms with Gasteiger partial charge in [0.05, 0.1) is 5.56 Å². The van der Waals surface area contributed by atoms with Crippen molar-refractivity contribution >= 4 is 17.9 Å². The van der Waals surface area contributed by atoms with Crippen LogP contribution in [-0.4, -0.2) is 59.7 Å². The van der Waals surface area contributed by atoms with E-state index in [1.54, 1.807) is 43.9 Å². The zero-order valence-electron chi connectivity index (χ0n) is 17.4. The Hall–Kier alpha value is -2.77. The van der Waals surface area contributed by atoms with Crippen molar-refractivity contribution in [2.24, 2.45) is 5.92 Å². The molecular formula is C21H31N3O5. The lowest BCUT2D eigenvalue weighted by Gasteiger charge is -2.32. The number of phenols is 1. The Kier molecular flexibility index (Phi) is 7.87. The molecule has 1 fully saturated rings. The molecule has 0 bridgehead atoms. The number of rotatable bonds is 6. The first-order valence-corrected chi connectivity index (χ1v) is 9.96. The fraction of sp³-hybridized carbons (Fsp3) is 0.571. The number of carbonyl (C=O) groups is 3. The number of hydrogen-bond acceptors (Lipinski definition) is 5. The van der Waals surface area contributed by atoms with Gasteiger partial charge in [-0.1, -0.05) is 12.1 Å². The van der Waals surface area contributed by atoms with E-state index in [2.05, 4.69) is 10.6 Å². The van der Waals surface area contributed by atoms with E-state index < -0.39 is 11.7 Å². The van der Waals surface area contributed by atoms with Gasteiger partial charge in [-0.15, -0.1) is 0 Å². The predicted octanol–water partition coefficient (Wildman–Crippen LogP) is 2.28. The summed E-state index contributed by atoms with van der Waals surface area (Å²) in [6, 6.07) is 6.54. The van der Waals surface area contributed by atoms with Gasteiger partial charge in [-0.25, -0.2) is 4.79 Å². The molecule has 29 heavy (non-hydrogen) atoms. The lowest BCUT2D eigenvalue weighted by Crippen LogP contribution is -2.42. The topological polar surface area (TPSA) is 108 Å². The number of carbonyl (C=O) groups excluding carboxylic acids is 3. The molecule has 1 aliphatic rings. The number of aromatic hydroxyl groups is 1. The molecule has 1 aromatic rings. The Labute approximate surface area is 171 Å². The van der Waals surface area contributed by atoms with Crippen molar-refractivity contribution in [3.8, 4) is 5.75 Å². The molecule has 1 saturated heterocycles. The second kappa shape index (κ2) is 10.1. The fourth-order valence-electron chi connectivity index (χ4n) is 3.10. The minimum absolute atomic E-state index is 0.00752. The number of alkyl carbamates (subject to hydrolysis) is 1. The van der Waals surface area contributed by atoms with E-state index in [9.17, 15) is 19.5 Å². The molecule has 1 heterocycles. The van der Waals surface area contributed by atoms with Crippen LogP contribution in [0.25, 0.3) is 0 Å². The van der Waals surface area contributed by atoms with E-state index in [1.165, 1.54) is 6.07 Å². The molecule has 0 unspecified atom stereocenters. The van der Waals surface area contributed by atoms with E-state index in [0.29, 0.717) is 31.1 Å². The summed E-state index contributed by atoms with van der Waals surface area (Å²) < 4.78 is 5.11. The van der Waals surface area contributed by atoms with Crippen molar-refractivity contribution in [3.63, 3.8) is 0 Å². The van der Waals surface area contributed by atoms with Crippen molar-refractivity contribution in [2.45, 2.75) is 45.6 Å². The van der Waals surface area contributed by atoms with E-state index >= 15 is 0 Å². The monoisotopic (exact) mass is 405 g/mol. The summed E-state index contributed by atoms with van der Waals surface area (Å²) in [4.78, 5) is 37.7. The van der Waals surface area contributed by atoms with Gasteiger partial charge in [-0.2, -0.15) is 0 Å². The highest BCUT2D eigenvalue weighted by atomic mass is 16.6. The average Bonchev–Trinajstić information content (AvgIpc) is 2.65. The van der Waals surface area contributed by atoms with Gasteiger partial charge in [0.2, 0.25) is 5.91 Å². The first-order chi connectivity index (χ1) is 13.7. The number of nitrogens with one attached hydrogen (secondary N) is 2. The van der Waals surface area contributed by atoms with E-state index in [-0.39, 0.29) is 30.5 Å². The first-order valence-electron chi connectivity index (χ1n) is 9.96. The lowest BCUT2D eigenvalue weighted by atomic mass is 9.96. The largest absolute Gasteiger partial charge is 0.507 e. The van der Waals surface area contributed by atoms with Crippen molar-refractivity contribution in [1.82, 2.24) is 15.5 Å². The summed E-state index contributed by atoms with van der Waals surface area (Å²) in [5.74, 6) is -0.00867. The van der Waals surface area contributed by atoms with Crippen LogP contribution in [0.4, 0.5) is 4.79 Å². The van der Waals surface area contributed by atoms with Crippen LogP contribution in [0.3, 0.4) is 0 Å². The number of phenolic OH excluding ortho intramolecular Hbond substituents is 1. The lowest BCUT2D eigenvalue weighted by molar-refractivity contribution is -0.121. The van der Waals surface area contributed by atoms with Crippen molar-refractivity contribution < 1.29 is 24.2 Å². The molecule has 0 spiro atoms. The summed E-state index contributed by atoms with van der Waals surface area (Å²) >= 11 is 0. The molecule has 0 aliphatic carbocycles. The minimum atomic E-state index is -0.568. The van der Waals surface area contributed by atoms with Gasteiger partial charge in [0.25, 0.3) is 5.91 Å². The number of amides is 3. The quantitative estimate of drug-likeness (QED) is 0.673. The van der Waals surface area contributed by atoms with Gasteiger partial charge in [0.1, 0.15) is 11.4 Å². The molecule has 8 nitrogen and oxygen atoms in total. The predicted molar refractivity (Wildman–Crippen MR) is 109 cm³/mol. The molecule has 2 rings (SSSR count). The van der Waals surface area contributed by atoms with Gasteiger partial charge in [-0.05, 0) is 51.7 Å². The molecule has 0 radical (unpaired) electrons. The van der Waals surface area contributed by atoms with Crippen LogP contribution in [-0.2, 0) is 9.53 Å². The van der Waals surface area contributed by atoms with Gasteiger partial charge in [0, 0.05) is 32.6 Å². The van der Waals surface area contributed by atoms with Crippen molar-refractivity contribution in [3.05, 3.63) is 29.8 Å². The highest BCUT2D eigenvalue weighted by Crippen LogP contribution is 2.22. The van der Waals surface area contributed by atoms with Crippen LogP contribution in [0, 0.1) is 5.92 Å². The summed E-state index contributed by atoms with van der Waals surface area (Å²) in [5, 5.41) is 15.3. The maximum Gasteiger partial charge on any atom is 0.407 e. The molecule has 0 atom stereocenters. The maximum atomic E-state index is 12.5. The Balaban J connectivity index is 1.64. The van der Waals surface area contributed by atoms with Gasteiger partial charge in [0.15, 0.2) is 0 Å². The van der Waals surface area contributed by atoms with E-state index in [4.69, 9.17) is 4.74 Å². The number of nitrogens with zero attached hydrogens (tertiary/aromatic N) is 1. The van der Waals surface area contributed by atoms with Crippen molar-refractivity contribution in [2.75, 3.05) is 26.2 Å². The van der Waals surface area contributed by atoms with Crippen LogP contribution in [0.2, 0.25) is 0 Å². The summed E-state index contributed by atoms with van der Waals surface area (Å²) in [7, 11) is 0. The van der Waals surface area contributed by atoms with Crippen LogP contribution < -0.4 is 10.6 Å². The molecule has 3 amide bonds. The molecular weight excluding hydrogens is 374 g/mol. The number of hydrogen-bond donors (Lipinski definition) is 3. The Morgan fingerprint density at radius 3 is 2.41 bits per heavy atom. The summed E-state index contributed by atoms with van der Waals surface area (Å²) in [6.07, 6.45) is 1.22. The van der Waals surface area contributed by atoms with Crippen molar-refractivity contribution in [1.29, 1.82) is 0 Å². The third-order valence-corrected chi connectivity index (χ3v) is 4.64. The molecule has 3 N–H and O–H groups in total. The standard InChI is InChI=1S/C21H31N3O5/c1-21(2,3)29-20(28)22-11-8-18(26)23-14-15-9-12-24(13-10-15)19(27)16-6-4-5-7-17(16)25/h4-7,15,25H,8-14H2,1-3H3,(H,22,28)(H,23,26). The molecule has 1 aromatic carbocycles. The second-order valence-electron chi connectivity index (χ2n) is 8.24. The number of para-hydroxylation sites is 1. The number of benzene rings is 1. The highest BCUT2D eigenvalue weighted by molar-refractivity contribution is 5.96. The minimum Gasteiger partial charge on any atom is -0.507 e. The third kappa shape index (κ3) is 7.63. The Bertz CT molecular complexity index is 721. The normalized spacial score (nSPS) is 14.9. The molecule has 1 aliphatic heterocycles. The van der Waals surface area contributed by atoms with E-state index in [0.717, 1.165) is 12.8 Å². The summed E-state index contributed by atoms with van der Waals surface area (Å²) in [5.41, 5.74) is -0.251. The zero-order chi connectivity index (χ0) is 21.4. The number of likely N-dealkylation sites (tertiary alicyclic amines) is 1.